The number of nitrogens with zero attached hydrogens (tertiary/aromatic N) is 2. The fourth-order valence-corrected chi connectivity index (χ4v) is 5.19. The van der Waals surface area contributed by atoms with Gasteiger partial charge in [-0.05, 0) is 54.3 Å². The quantitative estimate of drug-likeness (QED) is 0.308. The minimum Gasteiger partial charge on any atom is -0.329 e. The van der Waals surface area contributed by atoms with E-state index in [-0.39, 0.29) is 11.7 Å². The summed E-state index contributed by atoms with van der Waals surface area (Å²) >= 11 is 1.64. The lowest BCUT2D eigenvalue weighted by atomic mass is 10.0. The Hall–Kier alpha value is -3.70. The summed E-state index contributed by atoms with van der Waals surface area (Å²) in [6.07, 6.45) is 0.574. The number of thiophene rings is 1. The number of hydrogen-bond acceptors (Lipinski definition) is 3. The van der Waals surface area contributed by atoms with E-state index in [1.165, 1.54) is 12.1 Å². The molecule has 1 unspecified atom stereocenters. The standard InChI is InChI=1S/C28H23FN2OS/c1-19-9-3-5-14-25(19)31-26-15-6-4-13-24(26)27(28(31)32)30(22-11-7-10-21(29)18-22)20(2)17-23-12-8-16-33-23/h3-16,18,27H,2,17H2,1H3. The van der Waals surface area contributed by atoms with E-state index in [0.717, 1.165) is 33.1 Å². The molecule has 1 aliphatic rings. The highest BCUT2D eigenvalue weighted by atomic mass is 32.1. The van der Waals surface area contributed by atoms with Gasteiger partial charge in [0.1, 0.15) is 11.9 Å². The number of amides is 1. The lowest BCUT2D eigenvalue weighted by Gasteiger charge is -2.32. The Balaban J connectivity index is 1.65. The van der Waals surface area contributed by atoms with Crippen molar-refractivity contribution in [3.63, 3.8) is 0 Å². The Morgan fingerprint density at radius 3 is 2.48 bits per heavy atom. The van der Waals surface area contributed by atoms with Crippen molar-refractivity contribution in [1.29, 1.82) is 0 Å². The predicted octanol–water partition coefficient (Wildman–Crippen LogP) is 7.18. The van der Waals surface area contributed by atoms with Gasteiger partial charge >= 0.3 is 0 Å². The van der Waals surface area contributed by atoms with Gasteiger partial charge in [-0.3, -0.25) is 9.69 Å². The molecule has 2 heterocycles. The van der Waals surface area contributed by atoms with Crippen molar-refractivity contribution in [2.75, 3.05) is 9.80 Å². The molecule has 1 aliphatic heterocycles. The Labute approximate surface area is 197 Å². The van der Waals surface area contributed by atoms with E-state index in [2.05, 4.69) is 6.58 Å². The van der Waals surface area contributed by atoms with Gasteiger partial charge < -0.3 is 4.90 Å². The molecule has 0 saturated carbocycles. The van der Waals surface area contributed by atoms with Crippen LogP contribution in [0.25, 0.3) is 0 Å². The number of hydrogen-bond donors (Lipinski definition) is 0. The lowest BCUT2D eigenvalue weighted by Crippen LogP contribution is -2.36. The van der Waals surface area contributed by atoms with Crippen LogP contribution in [0.15, 0.2) is 103 Å². The van der Waals surface area contributed by atoms with Crippen molar-refractivity contribution in [3.05, 3.63) is 124 Å². The molecule has 3 nitrogen and oxygen atoms in total. The SMILES string of the molecule is C=C(Cc1cccs1)N(c1cccc(F)c1)C1C(=O)N(c2ccccc2C)c2ccccc21. The van der Waals surface area contributed by atoms with Crippen molar-refractivity contribution < 1.29 is 9.18 Å². The van der Waals surface area contributed by atoms with Crippen molar-refractivity contribution in [2.24, 2.45) is 0 Å². The molecule has 3 aromatic carbocycles. The zero-order chi connectivity index (χ0) is 22.9. The molecule has 0 radical (unpaired) electrons. The number of benzene rings is 3. The first-order chi connectivity index (χ1) is 16.0. The van der Waals surface area contributed by atoms with Gasteiger partial charge in [0.15, 0.2) is 0 Å². The highest BCUT2D eigenvalue weighted by Gasteiger charge is 2.43. The molecule has 0 spiro atoms. The van der Waals surface area contributed by atoms with Crippen LogP contribution in [-0.2, 0) is 11.2 Å². The summed E-state index contributed by atoms with van der Waals surface area (Å²) in [5, 5.41) is 2.02. The highest BCUT2D eigenvalue weighted by Crippen LogP contribution is 2.46. The Morgan fingerprint density at radius 2 is 1.76 bits per heavy atom. The topological polar surface area (TPSA) is 23.6 Å². The normalized spacial score (nSPS) is 14.9. The maximum absolute atomic E-state index is 14.3. The Kier molecular flexibility index (Phi) is 5.56. The van der Waals surface area contributed by atoms with E-state index in [1.807, 2.05) is 83.9 Å². The van der Waals surface area contributed by atoms with Crippen molar-refractivity contribution in [1.82, 2.24) is 0 Å². The highest BCUT2D eigenvalue weighted by molar-refractivity contribution is 7.09. The minimum atomic E-state index is -0.643. The molecule has 5 heteroatoms. The molecule has 0 N–H and O–H groups in total. The molecule has 1 aromatic heterocycles. The first kappa shape index (κ1) is 21.2. The summed E-state index contributed by atoms with van der Waals surface area (Å²) in [5.74, 6) is -0.432. The van der Waals surface area contributed by atoms with Crippen molar-refractivity contribution in [2.45, 2.75) is 19.4 Å². The third kappa shape index (κ3) is 3.85. The average molecular weight is 455 g/mol. The maximum Gasteiger partial charge on any atom is 0.259 e. The van der Waals surface area contributed by atoms with E-state index in [0.29, 0.717) is 12.1 Å². The van der Waals surface area contributed by atoms with Crippen LogP contribution in [0.1, 0.15) is 22.0 Å². The van der Waals surface area contributed by atoms with E-state index in [1.54, 1.807) is 22.3 Å². The molecule has 4 aromatic rings. The molecule has 0 saturated heterocycles. The largest absolute Gasteiger partial charge is 0.329 e. The van der Waals surface area contributed by atoms with Gasteiger partial charge in [0.25, 0.3) is 5.91 Å². The molecule has 33 heavy (non-hydrogen) atoms. The van der Waals surface area contributed by atoms with Crippen molar-refractivity contribution in [3.8, 4) is 0 Å². The summed E-state index contributed by atoms with van der Waals surface area (Å²) in [7, 11) is 0. The molecule has 164 valence electrons. The number of carbonyl (C=O) groups is 1. The smallest absolute Gasteiger partial charge is 0.259 e. The molecular weight excluding hydrogens is 431 g/mol. The number of allylic oxidation sites excluding steroid dienone is 1. The number of rotatable bonds is 6. The third-order valence-electron chi connectivity index (χ3n) is 5.93. The monoisotopic (exact) mass is 454 g/mol. The zero-order valence-electron chi connectivity index (χ0n) is 18.2. The molecule has 5 rings (SSSR count). The second kappa shape index (κ2) is 8.68. The second-order valence-corrected chi connectivity index (χ2v) is 9.13. The number of para-hydroxylation sites is 2. The second-order valence-electron chi connectivity index (χ2n) is 8.09. The van der Waals surface area contributed by atoms with Crippen LogP contribution in [0.4, 0.5) is 21.5 Å². The van der Waals surface area contributed by atoms with Gasteiger partial charge in [0.05, 0.1) is 11.4 Å². The number of fused-ring (bicyclic) bond motifs is 1. The van der Waals surface area contributed by atoms with Crippen LogP contribution in [-0.4, -0.2) is 5.91 Å². The van der Waals surface area contributed by atoms with E-state index in [4.69, 9.17) is 0 Å². The van der Waals surface area contributed by atoms with Gasteiger partial charge in [-0.2, -0.15) is 0 Å². The van der Waals surface area contributed by atoms with Crippen LogP contribution < -0.4 is 9.80 Å². The van der Waals surface area contributed by atoms with Gasteiger partial charge in [0.2, 0.25) is 0 Å². The van der Waals surface area contributed by atoms with E-state index < -0.39 is 6.04 Å². The summed E-state index contributed by atoms with van der Waals surface area (Å²) < 4.78 is 14.3. The van der Waals surface area contributed by atoms with E-state index in [9.17, 15) is 9.18 Å². The summed E-state index contributed by atoms with van der Waals surface area (Å²) in [6, 6.07) is 25.4. The summed E-state index contributed by atoms with van der Waals surface area (Å²) in [5.41, 5.74) is 4.92. The molecule has 1 atom stereocenters. The van der Waals surface area contributed by atoms with Crippen molar-refractivity contribution >= 4 is 34.3 Å². The molecule has 0 bridgehead atoms. The van der Waals surface area contributed by atoms with Crippen LogP contribution in [0.5, 0.6) is 0 Å². The first-order valence-corrected chi connectivity index (χ1v) is 11.7. The van der Waals surface area contributed by atoms with Crippen LogP contribution >= 0.6 is 11.3 Å². The third-order valence-corrected chi connectivity index (χ3v) is 6.80. The van der Waals surface area contributed by atoms with Gasteiger partial charge in [-0.15, -0.1) is 11.3 Å². The molecular formula is C28H23FN2OS. The minimum absolute atomic E-state index is 0.0814. The number of carbonyl (C=O) groups excluding carboxylic acids is 1. The number of anilines is 3. The van der Waals surface area contributed by atoms with E-state index >= 15 is 0 Å². The van der Waals surface area contributed by atoms with Gasteiger partial charge in [0, 0.05) is 28.2 Å². The van der Waals surface area contributed by atoms with Gasteiger partial charge in [-0.25, -0.2) is 4.39 Å². The summed E-state index contributed by atoms with van der Waals surface area (Å²) in [6.45, 7) is 6.34. The maximum atomic E-state index is 14.3. The fourth-order valence-electron chi connectivity index (χ4n) is 4.45. The Bertz CT molecular complexity index is 1330. The zero-order valence-corrected chi connectivity index (χ0v) is 19.1. The molecule has 0 aliphatic carbocycles. The number of halogens is 1. The summed E-state index contributed by atoms with van der Waals surface area (Å²) in [4.78, 5) is 18.9. The van der Waals surface area contributed by atoms with Crippen LogP contribution in [0.2, 0.25) is 0 Å². The molecule has 1 amide bonds. The Morgan fingerprint density at radius 1 is 1.00 bits per heavy atom. The average Bonchev–Trinajstić information content (AvgIpc) is 3.41. The van der Waals surface area contributed by atoms with Crippen LogP contribution in [0, 0.1) is 12.7 Å². The first-order valence-electron chi connectivity index (χ1n) is 10.8. The predicted molar refractivity (Wildman–Crippen MR) is 134 cm³/mol. The lowest BCUT2D eigenvalue weighted by molar-refractivity contribution is -0.118. The molecule has 0 fully saturated rings. The van der Waals surface area contributed by atoms with Gasteiger partial charge in [-0.1, -0.05) is 55.1 Å². The fraction of sp³-hybridized carbons (Fsp3) is 0.107. The van der Waals surface area contributed by atoms with Crippen LogP contribution in [0.3, 0.4) is 0 Å². The number of aryl methyl sites for hydroxylation is 1.